The molecule has 8 aromatic carbocycles. The molecule has 0 radical (unpaired) electrons. The van der Waals surface area contributed by atoms with E-state index in [-0.39, 0.29) is 7.43 Å². The third-order valence-electron chi connectivity index (χ3n) is 9.62. The number of fused-ring (bicyclic) bond motifs is 3. The van der Waals surface area contributed by atoms with Crippen LogP contribution in [-0.4, -0.2) is 6.08 Å². The van der Waals surface area contributed by atoms with Crippen LogP contribution in [0.3, 0.4) is 0 Å². The highest BCUT2D eigenvalue weighted by molar-refractivity contribution is 5.89. The van der Waals surface area contributed by atoms with E-state index in [0.29, 0.717) is 22.9 Å². The maximum absolute atomic E-state index is 10.1. The molecular formula is C55H52N4O4. The molecule has 0 aliphatic heterocycles. The molecule has 0 aromatic heterocycles. The summed E-state index contributed by atoms with van der Waals surface area (Å²) in [5.41, 5.74) is 6.24. The van der Waals surface area contributed by atoms with Crippen molar-refractivity contribution in [2.45, 2.75) is 60.8 Å². The minimum atomic E-state index is 0. The number of isocyanates is 1. The minimum Gasteiger partial charge on any atom is -0.388 e. The lowest BCUT2D eigenvalue weighted by Crippen LogP contribution is -1.82. The first-order valence-corrected chi connectivity index (χ1v) is 20.3. The molecule has 8 rings (SSSR count). The average molecular weight is 833 g/mol. The van der Waals surface area contributed by atoms with Crippen molar-refractivity contribution in [2.24, 2.45) is 4.99 Å². The zero-order valence-electron chi connectivity index (χ0n) is 35.4. The van der Waals surface area contributed by atoms with E-state index in [4.69, 9.17) is 30.0 Å². The summed E-state index contributed by atoms with van der Waals surface area (Å²) in [5, 5.41) is 31.1. The summed E-state index contributed by atoms with van der Waals surface area (Å²) >= 11 is 0. The molecule has 0 saturated heterocycles. The van der Waals surface area contributed by atoms with Gasteiger partial charge in [0, 0.05) is 10.8 Å². The van der Waals surface area contributed by atoms with Crippen molar-refractivity contribution in [3.8, 4) is 36.0 Å². The van der Waals surface area contributed by atoms with Crippen molar-refractivity contribution in [1.82, 2.24) is 0 Å². The van der Waals surface area contributed by atoms with Gasteiger partial charge in [-0.1, -0.05) is 169 Å². The molecule has 0 unspecified atom stereocenters. The van der Waals surface area contributed by atoms with Gasteiger partial charge in [0.1, 0.15) is 17.2 Å². The molecule has 0 spiro atoms. The Morgan fingerprint density at radius 1 is 0.429 bits per heavy atom. The fourth-order valence-electron chi connectivity index (χ4n) is 6.14. The number of aliphatic imine (C=N–C) groups is 1. The quantitative estimate of drug-likeness (QED) is 0.0847. The number of hydrogen-bond acceptors (Lipinski definition) is 8. The molecule has 0 fully saturated rings. The molecule has 8 nitrogen and oxygen atoms in total. The van der Waals surface area contributed by atoms with Gasteiger partial charge in [0.15, 0.2) is 0 Å². The maximum Gasteiger partial charge on any atom is 0.292 e. The number of carbonyl (C=O) groups excluding carboxylic acids is 1. The Balaban J connectivity index is 0.000000211. The van der Waals surface area contributed by atoms with Crippen LogP contribution in [0.4, 0.5) is 5.69 Å². The third-order valence-corrected chi connectivity index (χ3v) is 9.62. The summed E-state index contributed by atoms with van der Waals surface area (Å²) in [7, 11) is 0. The highest BCUT2D eigenvalue weighted by Gasteiger charge is 2.01. The standard InChI is InChI=1S/C12H6N2O2.2C11H7NO.2C10H14.CH4/c13-7-16-12-4-2-9-1-3-11(14-8-15)5-10(9)6-12;2*12-8-13-11-7-3-5-9-4-1-2-6-10(9)11;2*1-3-9-5-7-10(4-2)8-6-9;/h1-6H;2*1-7H;2*5-8H,3-4H2,1-2H3;1H4. The van der Waals surface area contributed by atoms with Crippen LogP contribution in [0.5, 0.6) is 17.2 Å². The Kier molecular flexibility index (Phi) is 21.5. The predicted molar refractivity (Wildman–Crippen MR) is 255 cm³/mol. The van der Waals surface area contributed by atoms with Crippen LogP contribution in [-0.2, 0) is 30.5 Å². The molecule has 316 valence electrons. The normalized spacial score (nSPS) is 9.35. The number of aryl methyl sites for hydroxylation is 4. The lowest BCUT2D eigenvalue weighted by molar-refractivity contribution is 0.508. The molecule has 0 N–H and O–H groups in total. The second-order valence-corrected chi connectivity index (χ2v) is 13.5. The molecule has 63 heavy (non-hydrogen) atoms. The number of hydrogen-bond donors (Lipinski definition) is 0. The first-order chi connectivity index (χ1) is 30.4. The second kappa shape index (κ2) is 27.5. The van der Waals surface area contributed by atoms with Gasteiger partial charge in [-0.3, -0.25) is 0 Å². The molecule has 0 atom stereocenters. The topological polar surface area (TPSA) is 128 Å². The van der Waals surface area contributed by atoms with Gasteiger partial charge in [0.05, 0.1) is 5.69 Å². The first-order valence-electron chi connectivity index (χ1n) is 20.3. The van der Waals surface area contributed by atoms with E-state index in [1.165, 1.54) is 28.3 Å². The number of benzene rings is 8. The summed E-state index contributed by atoms with van der Waals surface area (Å²) in [6.45, 7) is 8.73. The molecular weight excluding hydrogens is 781 g/mol. The number of rotatable bonds is 8. The lowest BCUT2D eigenvalue weighted by atomic mass is 10.1. The van der Waals surface area contributed by atoms with Crippen molar-refractivity contribution in [3.05, 3.63) is 192 Å². The summed E-state index contributed by atoms with van der Waals surface area (Å²) < 4.78 is 14.4. The second-order valence-electron chi connectivity index (χ2n) is 13.5. The number of ether oxygens (including phenoxy) is 3. The molecule has 0 amide bonds. The van der Waals surface area contributed by atoms with Crippen LogP contribution in [0.1, 0.15) is 57.4 Å². The monoisotopic (exact) mass is 832 g/mol. The van der Waals surface area contributed by atoms with Crippen LogP contribution in [0, 0.1) is 34.6 Å². The molecule has 0 heterocycles. The first kappa shape index (κ1) is 49.2. The summed E-state index contributed by atoms with van der Waals surface area (Å²) in [5.74, 6) is 1.68. The van der Waals surface area contributed by atoms with Gasteiger partial charge in [-0.15, -0.1) is 15.8 Å². The molecule has 8 heteroatoms. The van der Waals surface area contributed by atoms with Crippen molar-refractivity contribution < 1.29 is 19.0 Å². The van der Waals surface area contributed by atoms with Crippen LogP contribution in [0.25, 0.3) is 32.3 Å². The van der Waals surface area contributed by atoms with E-state index in [9.17, 15) is 4.79 Å². The van der Waals surface area contributed by atoms with Crippen LogP contribution >= 0.6 is 0 Å². The third kappa shape index (κ3) is 15.7. The van der Waals surface area contributed by atoms with Crippen molar-refractivity contribution >= 4 is 44.1 Å². The fraction of sp³-hybridized carbons (Fsp3) is 0.164. The highest BCUT2D eigenvalue weighted by atomic mass is 16.5. The van der Waals surface area contributed by atoms with Gasteiger partial charge in [-0.2, -0.15) is 4.99 Å². The van der Waals surface area contributed by atoms with Gasteiger partial charge in [-0.25, -0.2) is 4.79 Å². The number of nitrogens with zero attached hydrogens (tertiary/aromatic N) is 4. The Bertz CT molecular complexity index is 2620. The van der Waals surface area contributed by atoms with E-state index in [1.54, 1.807) is 55.2 Å². The smallest absolute Gasteiger partial charge is 0.292 e. The Morgan fingerprint density at radius 2 is 0.825 bits per heavy atom. The van der Waals surface area contributed by atoms with E-state index >= 15 is 0 Å². The average Bonchev–Trinajstić information content (AvgIpc) is 3.33. The van der Waals surface area contributed by atoms with Crippen molar-refractivity contribution in [1.29, 1.82) is 15.8 Å². The lowest BCUT2D eigenvalue weighted by Gasteiger charge is -2.00. The van der Waals surface area contributed by atoms with E-state index in [1.807, 2.05) is 84.9 Å². The Hall–Kier alpha value is -8.21. The fourth-order valence-corrected chi connectivity index (χ4v) is 6.14. The Labute approximate surface area is 371 Å². The van der Waals surface area contributed by atoms with Gasteiger partial charge in [0.2, 0.25) is 6.08 Å². The van der Waals surface area contributed by atoms with Crippen LogP contribution < -0.4 is 14.2 Å². The maximum atomic E-state index is 10.1. The largest absolute Gasteiger partial charge is 0.388 e. The summed E-state index contributed by atoms with van der Waals surface area (Å²) in [6.07, 6.45) is 11.0. The summed E-state index contributed by atoms with van der Waals surface area (Å²) in [4.78, 5) is 13.6. The predicted octanol–water partition coefficient (Wildman–Crippen LogP) is 14.3. The minimum absolute atomic E-state index is 0. The van der Waals surface area contributed by atoms with Crippen molar-refractivity contribution in [3.63, 3.8) is 0 Å². The molecule has 0 saturated carbocycles. The zero-order valence-corrected chi connectivity index (χ0v) is 35.4. The number of nitriles is 3. The van der Waals surface area contributed by atoms with Crippen molar-refractivity contribution in [2.75, 3.05) is 0 Å². The van der Waals surface area contributed by atoms with E-state index in [2.05, 4.69) is 81.2 Å². The van der Waals surface area contributed by atoms with E-state index < -0.39 is 0 Å². The van der Waals surface area contributed by atoms with Gasteiger partial charge >= 0.3 is 0 Å². The van der Waals surface area contributed by atoms with E-state index in [0.717, 1.165) is 58.0 Å². The van der Waals surface area contributed by atoms with Gasteiger partial charge in [-0.05, 0) is 106 Å². The van der Waals surface area contributed by atoms with Gasteiger partial charge < -0.3 is 14.2 Å². The molecule has 0 aliphatic carbocycles. The Morgan fingerprint density at radius 3 is 1.22 bits per heavy atom. The van der Waals surface area contributed by atoms with Crippen LogP contribution in [0.2, 0.25) is 0 Å². The highest BCUT2D eigenvalue weighted by Crippen LogP contribution is 2.27. The SMILES string of the molecule is C.CCc1ccc(CC)cc1.CCc1ccc(CC)cc1.N#COc1ccc2ccc(N=C=O)cc2c1.N#COc1cccc2ccccc12.N#COc1cccc2ccccc12. The molecule has 8 aromatic rings. The summed E-state index contributed by atoms with van der Waals surface area (Å²) in [6, 6.07) is 55.1. The molecule has 0 bridgehead atoms. The van der Waals surface area contributed by atoms with Gasteiger partial charge in [0.25, 0.3) is 18.8 Å². The molecule has 0 aliphatic rings. The zero-order chi connectivity index (χ0) is 44.4. The van der Waals surface area contributed by atoms with Crippen LogP contribution in [0.15, 0.2) is 175 Å².